The standard InChI is InChI=1S/C23H27N3O4/c27-19(18-5-7-20-21(14-18)30-13-3-12-29-20)6-9-23(28)25-16-17-4-8-22(24-15-17)26-10-1-2-11-26/h4-5,7-8,14-15H,1-3,6,9-13,16H2,(H,25,28). The zero-order valence-electron chi connectivity index (χ0n) is 17.1. The maximum absolute atomic E-state index is 12.5. The molecule has 4 rings (SSSR count). The van der Waals surface area contributed by atoms with Crippen LogP contribution in [0, 0.1) is 0 Å². The molecule has 3 heterocycles. The van der Waals surface area contributed by atoms with Gasteiger partial charge in [0, 0.05) is 50.7 Å². The van der Waals surface area contributed by atoms with Crippen LogP contribution in [0.15, 0.2) is 36.5 Å². The van der Waals surface area contributed by atoms with Crippen molar-refractivity contribution < 1.29 is 19.1 Å². The Hall–Kier alpha value is -3.09. The minimum Gasteiger partial charge on any atom is -0.490 e. The average molecular weight is 409 g/mol. The van der Waals surface area contributed by atoms with Crippen LogP contribution in [0.2, 0.25) is 0 Å². The predicted molar refractivity (Wildman–Crippen MR) is 113 cm³/mol. The highest BCUT2D eigenvalue weighted by Gasteiger charge is 2.16. The van der Waals surface area contributed by atoms with Crippen LogP contribution >= 0.6 is 0 Å². The number of rotatable bonds is 7. The Morgan fingerprint density at radius 1 is 0.967 bits per heavy atom. The Balaban J connectivity index is 1.23. The van der Waals surface area contributed by atoms with Crippen molar-refractivity contribution in [3.63, 3.8) is 0 Å². The van der Waals surface area contributed by atoms with Gasteiger partial charge in [0.05, 0.1) is 13.2 Å². The van der Waals surface area contributed by atoms with Crippen LogP contribution in [0.5, 0.6) is 11.5 Å². The molecule has 0 radical (unpaired) electrons. The van der Waals surface area contributed by atoms with E-state index in [9.17, 15) is 9.59 Å². The number of ketones is 1. The Morgan fingerprint density at radius 3 is 2.53 bits per heavy atom. The summed E-state index contributed by atoms with van der Waals surface area (Å²) in [5, 5.41) is 2.86. The van der Waals surface area contributed by atoms with E-state index in [4.69, 9.17) is 9.47 Å². The van der Waals surface area contributed by atoms with Crippen LogP contribution in [0.4, 0.5) is 5.82 Å². The molecule has 1 aromatic heterocycles. The number of hydrogen-bond donors (Lipinski definition) is 1. The van der Waals surface area contributed by atoms with Crippen molar-refractivity contribution in [3.8, 4) is 11.5 Å². The third kappa shape index (κ3) is 5.09. The van der Waals surface area contributed by atoms with Gasteiger partial charge in [0.15, 0.2) is 17.3 Å². The fourth-order valence-electron chi connectivity index (χ4n) is 3.65. The van der Waals surface area contributed by atoms with E-state index in [0.717, 1.165) is 30.9 Å². The van der Waals surface area contributed by atoms with Crippen molar-refractivity contribution in [2.75, 3.05) is 31.2 Å². The molecule has 2 aliphatic rings. The number of hydrogen-bond acceptors (Lipinski definition) is 6. The van der Waals surface area contributed by atoms with Crippen LogP contribution in [-0.2, 0) is 11.3 Å². The molecule has 7 heteroatoms. The van der Waals surface area contributed by atoms with Crippen LogP contribution in [-0.4, -0.2) is 43.0 Å². The Morgan fingerprint density at radius 2 is 1.77 bits per heavy atom. The number of amides is 1. The number of nitrogens with one attached hydrogen (secondary N) is 1. The second-order valence-corrected chi connectivity index (χ2v) is 7.63. The van der Waals surface area contributed by atoms with E-state index in [1.54, 1.807) is 24.4 Å². The number of nitrogens with zero attached hydrogens (tertiary/aromatic N) is 2. The maximum Gasteiger partial charge on any atom is 0.220 e. The van der Waals surface area contributed by atoms with Gasteiger partial charge in [-0.25, -0.2) is 4.98 Å². The summed E-state index contributed by atoms with van der Waals surface area (Å²) in [6, 6.07) is 9.17. The second-order valence-electron chi connectivity index (χ2n) is 7.63. The Labute approximate surface area is 176 Å². The molecular formula is C23H27N3O4. The highest BCUT2D eigenvalue weighted by atomic mass is 16.5. The van der Waals surface area contributed by atoms with E-state index < -0.39 is 0 Å². The van der Waals surface area contributed by atoms with Crippen molar-refractivity contribution >= 4 is 17.5 Å². The molecule has 1 fully saturated rings. The van der Waals surface area contributed by atoms with Crippen LogP contribution in [0.3, 0.4) is 0 Å². The third-order valence-corrected chi connectivity index (χ3v) is 5.38. The number of carbonyl (C=O) groups is 2. The summed E-state index contributed by atoms with van der Waals surface area (Å²) < 4.78 is 11.2. The first-order valence-electron chi connectivity index (χ1n) is 10.6. The molecule has 158 valence electrons. The Kier molecular flexibility index (Phi) is 6.47. The third-order valence-electron chi connectivity index (χ3n) is 5.38. The summed E-state index contributed by atoms with van der Waals surface area (Å²) in [6.07, 6.45) is 5.34. The fourth-order valence-corrected chi connectivity index (χ4v) is 3.65. The smallest absolute Gasteiger partial charge is 0.220 e. The molecule has 1 N–H and O–H groups in total. The fraction of sp³-hybridized carbons (Fsp3) is 0.435. The quantitative estimate of drug-likeness (QED) is 0.708. The van der Waals surface area contributed by atoms with Gasteiger partial charge in [0.1, 0.15) is 5.82 Å². The van der Waals surface area contributed by atoms with E-state index >= 15 is 0 Å². The minimum atomic E-state index is -0.152. The molecule has 0 spiro atoms. The summed E-state index contributed by atoms with van der Waals surface area (Å²) in [6.45, 7) is 3.70. The topological polar surface area (TPSA) is 80.8 Å². The number of anilines is 1. The predicted octanol–water partition coefficient (Wildman–Crippen LogP) is 3.12. The molecule has 2 aromatic rings. The van der Waals surface area contributed by atoms with Gasteiger partial charge < -0.3 is 19.7 Å². The van der Waals surface area contributed by atoms with E-state index in [1.807, 2.05) is 12.1 Å². The average Bonchev–Trinajstić information content (AvgIpc) is 3.21. The number of fused-ring (bicyclic) bond motifs is 1. The van der Waals surface area contributed by atoms with Gasteiger partial charge in [0.25, 0.3) is 0 Å². The van der Waals surface area contributed by atoms with Gasteiger partial charge in [-0.05, 0) is 42.7 Å². The van der Waals surface area contributed by atoms with Gasteiger partial charge in [-0.3, -0.25) is 9.59 Å². The van der Waals surface area contributed by atoms with Crippen LogP contribution in [0.1, 0.15) is 48.0 Å². The summed E-state index contributed by atoms with van der Waals surface area (Å²) in [4.78, 5) is 31.4. The van der Waals surface area contributed by atoms with Gasteiger partial charge in [-0.15, -0.1) is 0 Å². The van der Waals surface area contributed by atoms with Crippen LogP contribution in [0.25, 0.3) is 0 Å². The molecule has 7 nitrogen and oxygen atoms in total. The van der Waals surface area contributed by atoms with E-state index in [-0.39, 0.29) is 24.5 Å². The van der Waals surface area contributed by atoms with Gasteiger partial charge in [-0.1, -0.05) is 6.07 Å². The molecule has 1 amide bonds. The largest absolute Gasteiger partial charge is 0.490 e. The lowest BCUT2D eigenvalue weighted by atomic mass is 10.1. The normalized spacial score (nSPS) is 15.5. The molecule has 0 bridgehead atoms. The molecule has 0 atom stereocenters. The molecule has 0 unspecified atom stereocenters. The molecule has 30 heavy (non-hydrogen) atoms. The highest BCUT2D eigenvalue weighted by molar-refractivity contribution is 5.98. The number of aromatic nitrogens is 1. The van der Waals surface area contributed by atoms with Crippen LogP contribution < -0.4 is 19.7 Å². The van der Waals surface area contributed by atoms with Crippen molar-refractivity contribution in [3.05, 3.63) is 47.7 Å². The summed E-state index contributed by atoms with van der Waals surface area (Å²) in [5.41, 5.74) is 1.48. The lowest BCUT2D eigenvalue weighted by Crippen LogP contribution is -2.23. The van der Waals surface area contributed by atoms with Gasteiger partial charge in [-0.2, -0.15) is 0 Å². The lowest BCUT2D eigenvalue weighted by Gasteiger charge is -2.16. The summed E-state index contributed by atoms with van der Waals surface area (Å²) in [5.74, 6) is 2.00. The molecule has 0 saturated carbocycles. The number of carbonyl (C=O) groups excluding carboxylic acids is 2. The first kappa shape index (κ1) is 20.2. The molecule has 0 aliphatic carbocycles. The molecule has 1 aromatic carbocycles. The monoisotopic (exact) mass is 409 g/mol. The van der Waals surface area contributed by atoms with Crippen molar-refractivity contribution in [1.82, 2.24) is 10.3 Å². The summed E-state index contributed by atoms with van der Waals surface area (Å²) in [7, 11) is 0. The zero-order chi connectivity index (χ0) is 20.8. The van der Waals surface area contributed by atoms with E-state index in [1.165, 1.54) is 12.8 Å². The van der Waals surface area contributed by atoms with Crippen molar-refractivity contribution in [1.29, 1.82) is 0 Å². The summed E-state index contributed by atoms with van der Waals surface area (Å²) >= 11 is 0. The van der Waals surface area contributed by atoms with Crippen molar-refractivity contribution in [2.45, 2.75) is 38.6 Å². The van der Waals surface area contributed by atoms with E-state index in [0.29, 0.717) is 36.8 Å². The number of Topliss-reactive ketones (excluding diaryl/α,β-unsaturated/α-hetero) is 1. The second kappa shape index (κ2) is 9.61. The Bertz CT molecular complexity index is 892. The minimum absolute atomic E-state index is 0.0857. The number of pyridine rings is 1. The molecular weight excluding hydrogens is 382 g/mol. The maximum atomic E-state index is 12.5. The highest BCUT2D eigenvalue weighted by Crippen LogP contribution is 2.30. The van der Waals surface area contributed by atoms with Gasteiger partial charge >= 0.3 is 0 Å². The number of ether oxygens (including phenoxy) is 2. The number of benzene rings is 1. The lowest BCUT2D eigenvalue weighted by molar-refractivity contribution is -0.121. The van der Waals surface area contributed by atoms with Crippen molar-refractivity contribution in [2.24, 2.45) is 0 Å². The SMILES string of the molecule is O=C(CCC(=O)c1ccc2c(c1)OCCCO2)NCc1ccc(N2CCCC2)nc1. The first-order valence-corrected chi connectivity index (χ1v) is 10.6. The van der Waals surface area contributed by atoms with E-state index in [2.05, 4.69) is 15.2 Å². The van der Waals surface area contributed by atoms with Gasteiger partial charge in [0.2, 0.25) is 5.91 Å². The zero-order valence-corrected chi connectivity index (χ0v) is 17.1. The molecule has 2 aliphatic heterocycles. The first-order chi connectivity index (χ1) is 14.7. The molecule has 1 saturated heterocycles.